The number of carboxylic acids is 1. The van der Waals surface area contributed by atoms with Gasteiger partial charge in [0.1, 0.15) is 5.75 Å². The zero-order chi connectivity index (χ0) is 13.3. The third-order valence-electron chi connectivity index (χ3n) is 2.05. The van der Waals surface area contributed by atoms with Gasteiger partial charge in [0.2, 0.25) is 0 Å². The Morgan fingerprint density at radius 3 is 2.83 bits per heavy atom. The molecule has 4 nitrogen and oxygen atoms in total. The Balaban J connectivity index is 2.29. The van der Waals surface area contributed by atoms with Gasteiger partial charge in [-0.3, -0.25) is 0 Å². The molecule has 0 atom stereocenters. The Morgan fingerprint density at radius 2 is 2.28 bits per heavy atom. The number of carboxylic acid groups (broad SMARTS) is 1. The highest BCUT2D eigenvalue weighted by molar-refractivity contribution is 9.10. The van der Waals surface area contributed by atoms with Crippen LogP contribution in [-0.4, -0.2) is 16.1 Å². The molecule has 0 aliphatic carbocycles. The average molecular weight is 349 g/mol. The van der Waals surface area contributed by atoms with Crippen molar-refractivity contribution in [2.24, 2.45) is 0 Å². The van der Waals surface area contributed by atoms with Crippen LogP contribution in [0.15, 0.2) is 22.7 Å². The second-order valence-corrected chi connectivity index (χ2v) is 5.61. The Labute approximate surface area is 120 Å². The molecule has 2 aromatic rings. The first kappa shape index (κ1) is 13.3. The predicted molar refractivity (Wildman–Crippen MR) is 73.0 cm³/mol. The predicted octanol–water partition coefficient (Wildman–Crippen LogP) is 4.36. The third kappa shape index (κ3) is 2.82. The fraction of sp³-hybridized carbons (Fsp3) is 0.0909. The molecule has 1 aromatic heterocycles. The molecule has 1 N–H and O–H groups in total. The molecule has 7 heteroatoms. The number of rotatable bonds is 3. The minimum absolute atomic E-state index is 0.0325. The highest BCUT2D eigenvalue weighted by Gasteiger charge is 2.17. The van der Waals surface area contributed by atoms with Crippen LogP contribution >= 0.6 is 38.9 Å². The largest absolute Gasteiger partial charge is 0.477 e. The summed E-state index contributed by atoms with van der Waals surface area (Å²) < 4.78 is 6.26. The Morgan fingerprint density at radius 1 is 1.56 bits per heavy atom. The van der Waals surface area contributed by atoms with E-state index in [1.54, 1.807) is 6.07 Å². The second-order valence-electron chi connectivity index (χ2n) is 3.44. The van der Waals surface area contributed by atoms with Crippen LogP contribution in [0.1, 0.15) is 15.2 Å². The first-order valence-electron chi connectivity index (χ1n) is 4.81. The second kappa shape index (κ2) is 5.26. The van der Waals surface area contributed by atoms with E-state index in [2.05, 4.69) is 20.9 Å². The summed E-state index contributed by atoms with van der Waals surface area (Å²) in [6.07, 6.45) is 0. The van der Waals surface area contributed by atoms with Gasteiger partial charge >= 0.3 is 5.97 Å². The van der Waals surface area contributed by atoms with Crippen LogP contribution in [0, 0.1) is 6.92 Å². The molecule has 0 saturated carbocycles. The number of carbonyl (C=O) groups is 1. The van der Waals surface area contributed by atoms with Crippen molar-refractivity contribution in [1.82, 2.24) is 4.98 Å². The molecule has 0 bridgehead atoms. The Kier molecular flexibility index (Phi) is 3.89. The molecule has 0 saturated heterocycles. The third-order valence-corrected chi connectivity index (χ3v) is 3.97. The topological polar surface area (TPSA) is 59.4 Å². The summed E-state index contributed by atoms with van der Waals surface area (Å²) in [7, 11) is 0. The smallest absolute Gasteiger partial charge is 0.349 e. The molecule has 0 radical (unpaired) electrons. The molecule has 0 aliphatic heterocycles. The van der Waals surface area contributed by atoms with Gasteiger partial charge in [-0.05, 0) is 40.5 Å². The van der Waals surface area contributed by atoms with Crippen LogP contribution in [0.25, 0.3) is 0 Å². The Hall–Kier alpha value is -1.11. The van der Waals surface area contributed by atoms with Gasteiger partial charge in [0.25, 0.3) is 5.19 Å². The summed E-state index contributed by atoms with van der Waals surface area (Å²) in [5.41, 5.74) is 1.08. The normalized spacial score (nSPS) is 10.4. The molecule has 2 rings (SSSR count). The minimum Gasteiger partial charge on any atom is -0.477 e. The van der Waals surface area contributed by atoms with E-state index in [0.29, 0.717) is 5.75 Å². The summed E-state index contributed by atoms with van der Waals surface area (Å²) in [6, 6.07) is 5.55. The molecule has 94 valence electrons. The first-order chi connectivity index (χ1) is 8.47. The van der Waals surface area contributed by atoms with E-state index in [1.165, 1.54) is 0 Å². The van der Waals surface area contributed by atoms with Gasteiger partial charge in [-0.2, -0.15) is 4.98 Å². The van der Waals surface area contributed by atoms with E-state index < -0.39 is 5.97 Å². The number of benzene rings is 1. The van der Waals surface area contributed by atoms with E-state index in [1.807, 2.05) is 19.1 Å². The number of nitrogens with zero attached hydrogens (tertiary/aromatic N) is 1. The van der Waals surface area contributed by atoms with Crippen molar-refractivity contribution in [1.29, 1.82) is 0 Å². The van der Waals surface area contributed by atoms with Crippen LogP contribution in [-0.2, 0) is 0 Å². The van der Waals surface area contributed by atoms with E-state index in [-0.39, 0.29) is 15.2 Å². The van der Waals surface area contributed by atoms with Crippen LogP contribution in [0.2, 0.25) is 5.15 Å². The molecular weight excluding hydrogens is 342 g/mol. The molecule has 0 spiro atoms. The molecule has 1 aromatic carbocycles. The van der Waals surface area contributed by atoms with Crippen LogP contribution in [0.5, 0.6) is 10.9 Å². The van der Waals surface area contributed by atoms with E-state index >= 15 is 0 Å². The van der Waals surface area contributed by atoms with E-state index in [9.17, 15) is 4.79 Å². The van der Waals surface area contributed by atoms with Gasteiger partial charge < -0.3 is 9.84 Å². The number of aryl methyl sites for hydroxylation is 1. The van der Waals surface area contributed by atoms with Gasteiger partial charge in [-0.1, -0.05) is 29.0 Å². The molecule has 18 heavy (non-hydrogen) atoms. The van der Waals surface area contributed by atoms with E-state index in [4.69, 9.17) is 21.4 Å². The lowest BCUT2D eigenvalue weighted by molar-refractivity contribution is 0.0702. The van der Waals surface area contributed by atoms with Gasteiger partial charge in [-0.25, -0.2) is 4.79 Å². The van der Waals surface area contributed by atoms with Crippen molar-refractivity contribution in [2.45, 2.75) is 6.92 Å². The summed E-state index contributed by atoms with van der Waals surface area (Å²) in [4.78, 5) is 14.6. The minimum atomic E-state index is -1.12. The molecule has 0 amide bonds. The number of hydrogen-bond acceptors (Lipinski definition) is 4. The molecule has 0 unspecified atom stereocenters. The standard InChI is InChI=1S/C11H7BrClNO3S/c1-5-2-3-7(6(12)4-5)17-11-14-9(13)8(18-11)10(15)16/h2-4H,1H3,(H,15,16). The lowest BCUT2D eigenvalue weighted by Gasteiger charge is -2.04. The van der Waals surface area contributed by atoms with Crippen molar-refractivity contribution in [2.75, 3.05) is 0 Å². The summed E-state index contributed by atoms with van der Waals surface area (Å²) in [5.74, 6) is -0.557. The van der Waals surface area contributed by atoms with Crippen molar-refractivity contribution in [3.05, 3.63) is 38.3 Å². The van der Waals surface area contributed by atoms with Crippen LogP contribution < -0.4 is 4.74 Å². The van der Waals surface area contributed by atoms with Crippen molar-refractivity contribution >= 4 is 44.8 Å². The lowest BCUT2D eigenvalue weighted by atomic mass is 10.2. The van der Waals surface area contributed by atoms with Crippen molar-refractivity contribution in [3.63, 3.8) is 0 Å². The molecular formula is C11H7BrClNO3S. The maximum atomic E-state index is 10.8. The van der Waals surface area contributed by atoms with Gasteiger partial charge in [0.15, 0.2) is 10.0 Å². The van der Waals surface area contributed by atoms with Gasteiger partial charge in [-0.15, -0.1) is 0 Å². The van der Waals surface area contributed by atoms with Gasteiger partial charge in [0.05, 0.1) is 4.47 Å². The first-order valence-corrected chi connectivity index (χ1v) is 6.79. The zero-order valence-electron chi connectivity index (χ0n) is 9.11. The number of aromatic carboxylic acids is 1. The number of aromatic nitrogens is 1. The van der Waals surface area contributed by atoms with Crippen LogP contribution in [0.4, 0.5) is 0 Å². The van der Waals surface area contributed by atoms with Gasteiger partial charge in [0, 0.05) is 0 Å². The SMILES string of the molecule is Cc1ccc(Oc2nc(Cl)c(C(=O)O)s2)c(Br)c1. The monoisotopic (exact) mass is 347 g/mol. The maximum Gasteiger partial charge on any atom is 0.349 e. The number of ether oxygens (including phenoxy) is 1. The van der Waals surface area contributed by atoms with Crippen molar-refractivity contribution in [3.8, 4) is 10.9 Å². The fourth-order valence-corrected chi connectivity index (χ4v) is 2.80. The number of halogens is 2. The Bertz CT molecular complexity index is 614. The fourth-order valence-electron chi connectivity index (χ4n) is 1.24. The lowest BCUT2D eigenvalue weighted by Crippen LogP contribution is -1.91. The summed E-state index contributed by atoms with van der Waals surface area (Å²) >= 11 is 9.95. The highest BCUT2D eigenvalue weighted by atomic mass is 79.9. The molecule has 0 fully saturated rings. The quantitative estimate of drug-likeness (QED) is 0.895. The summed E-state index contributed by atoms with van der Waals surface area (Å²) in [6.45, 7) is 1.96. The van der Waals surface area contributed by atoms with E-state index in [0.717, 1.165) is 21.4 Å². The molecule has 1 heterocycles. The van der Waals surface area contributed by atoms with Crippen LogP contribution in [0.3, 0.4) is 0 Å². The molecule has 0 aliphatic rings. The summed E-state index contributed by atoms with van der Waals surface area (Å²) in [5, 5.41) is 8.99. The van der Waals surface area contributed by atoms with Crippen molar-refractivity contribution < 1.29 is 14.6 Å². The number of thiazole rings is 1. The zero-order valence-corrected chi connectivity index (χ0v) is 12.3. The number of hydrogen-bond donors (Lipinski definition) is 1. The average Bonchev–Trinajstić information content (AvgIpc) is 2.64. The highest BCUT2D eigenvalue weighted by Crippen LogP contribution is 2.35. The maximum absolute atomic E-state index is 10.8.